The fourth-order valence-electron chi connectivity index (χ4n) is 1.59. The minimum Gasteiger partial charge on any atom is -0.478 e. The third kappa shape index (κ3) is 3.26. The number of nitro groups is 1. The Bertz CT molecular complexity index is 732. The highest BCUT2D eigenvalue weighted by molar-refractivity contribution is 6.32. The van der Waals surface area contributed by atoms with Crippen molar-refractivity contribution in [2.75, 3.05) is 0 Å². The van der Waals surface area contributed by atoms with Crippen LogP contribution in [0.3, 0.4) is 0 Å². The van der Waals surface area contributed by atoms with Crippen LogP contribution < -0.4 is 4.74 Å². The summed E-state index contributed by atoms with van der Waals surface area (Å²) in [6.07, 6.45) is 0.984. The quantitative estimate of drug-likeness (QED) is 0.685. The predicted molar refractivity (Wildman–Crippen MR) is 74.1 cm³/mol. The van der Waals surface area contributed by atoms with Gasteiger partial charge in [0.15, 0.2) is 0 Å². The second-order valence-electron chi connectivity index (χ2n) is 4.14. The van der Waals surface area contributed by atoms with Crippen LogP contribution in [0.15, 0.2) is 30.5 Å². The summed E-state index contributed by atoms with van der Waals surface area (Å²) in [5.74, 6) is -1.20. The smallest absolute Gasteiger partial charge is 0.339 e. The number of hydrogen-bond acceptors (Lipinski definition) is 5. The van der Waals surface area contributed by atoms with Crippen molar-refractivity contribution in [2.24, 2.45) is 0 Å². The molecular weight excluding hydrogens is 300 g/mol. The van der Waals surface area contributed by atoms with E-state index >= 15 is 0 Å². The van der Waals surface area contributed by atoms with Crippen molar-refractivity contribution in [2.45, 2.75) is 6.92 Å². The van der Waals surface area contributed by atoms with Crippen LogP contribution >= 0.6 is 11.6 Å². The van der Waals surface area contributed by atoms with E-state index in [-0.39, 0.29) is 27.9 Å². The third-order valence-electron chi connectivity index (χ3n) is 2.58. The Hall–Kier alpha value is -2.67. The van der Waals surface area contributed by atoms with Gasteiger partial charge in [-0.05, 0) is 24.6 Å². The van der Waals surface area contributed by atoms with E-state index in [0.29, 0.717) is 0 Å². The molecule has 1 N–H and O–H groups in total. The number of ether oxygens (including phenoxy) is 1. The molecule has 1 aromatic heterocycles. The summed E-state index contributed by atoms with van der Waals surface area (Å²) in [6.45, 7) is 1.77. The normalized spacial score (nSPS) is 10.2. The van der Waals surface area contributed by atoms with Crippen LogP contribution in [0.2, 0.25) is 5.02 Å². The van der Waals surface area contributed by atoms with Crippen LogP contribution in [-0.2, 0) is 0 Å². The first-order chi connectivity index (χ1) is 9.88. The number of nitrogens with zero attached hydrogens (tertiary/aromatic N) is 2. The number of rotatable bonds is 4. The molecule has 0 bridgehead atoms. The number of aryl methyl sites for hydroxylation is 1. The van der Waals surface area contributed by atoms with Crippen LogP contribution in [0.25, 0.3) is 0 Å². The molecule has 21 heavy (non-hydrogen) atoms. The fraction of sp³-hybridized carbons (Fsp3) is 0.0769. The molecule has 1 aromatic carbocycles. The van der Waals surface area contributed by atoms with Crippen molar-refractivity contribution >= 4 is 23.3 Å². The predicted octanol–water partition coefficient (Wildman–Crippen LogP) is 3.44. The maximum Gasteiger partial charge on any atom is 0.339 e. The van der Waals surface area contributed by atoms with Crippen molar-refractivity contribution in [3.05, 3.63) is 56.7 Å². The van der Waals surface area contributed by atoms with E-state index in [4.69, 9.17) is 21.4 Å². The molecule has 8 heteroatoms. The Morgan fingerprint density at radius 1 is 1.43 bits per heavy atom. The van der Waals surface area contributed by atoms with Gasteiger partial charge >= 0.3 is 5.97 Å². The molecule has 0 aliphatic heterocycles. The highest BCUT2D eigenvalue weighted by Crippen LogP contribution is 2.32. The highest BCUT2D eigenvalue weighted by atomic mass is 35.5. The summed E-state index contributed by atoms with van der Waals surface area (Å²) in [5, 5.41) is 19.6. The van der Waals surface area contributed by atoms with Gasteiger partial charge in [-0.15, -0.1) is 0 Å². The van der Waals surface area contributed by atoms with Gasteiger partial charge in [0.25, 0.3) is 5.69 Å². The molecule has 0 saturated carbocycles. The van der Waals surface area contributed by atoms with Crippen LogP contribution in [0.5, 0.6) is 11.6 Å². The van der Waals surface area contributed by atoms with Crippen molar-refractivity contribution in [1.29, 1.82) is 0 Å². The summed E-state index contributed by atoms with van der Waals surface area (Å²) < 4.78 is 5.37. The topological polar surface area (TPSA) is 103 Å². The Kier molecular flexibility index (Phi) is 4.04. The molecule has 7 nitrogen and oxygen atoms in total. The van der Waals surface area contributed by atoms with Gasteiger partial charge in [-0.2, -0.15) is 0 Å². The first kappa shape index (κ1) is 14.7. The summed E-state index contributed by atoms with van der Waals surface area (Å²) >= 11 is 5.86. The lowest BCUT2D eigenvalue weighted by Gasteiger charge is -2.09. The molecule has 0 aliphatic carbocycles. The number of halogens is 1. The number of aromatic nitrogens is 1. The molecule has 1 heterocycles. The van der Waals surface area contributed by atoms with E-state index in [1.165, 1.54) is 12.1 Å². The Balaban J connectivity index is 2.40. The molecular formula is C13H9ClN2O5. The van der Waals surface area contributed by atoms with Crippen LogP contribution in [0.1, 0.15) is 15.9 Å². The van der Waals surface area contributed by atoms with Gasteiger partial charge in [0, 0.05) is 6.07 Å². The number of pyridine rings is 1. The van der Waals surface area contributed by atoms with Gasteiger partial charge in [0.05, 0.1) is 4.92 Å². The van der Waals surface area contributed by atoms with Crippen molar-refractivity contribution in [1.82, 2.24) is 4.98 Å². The molecule has 2 aromatic rings. The minimum atomic E-state index is -1.16. The zero-order valence-electron chi connectivity index (χ0n) is 10.7. The van der Waals surface area contributed by atoms with E-state index < -0.39 is 10.9 Å². The number of hydrogen-bond donors (Lipinski definition) is 1. The maximum atomic E-state index is 11.1. The van der Waals surface area contributed by atoms with Gasteiger partial charge in [-0.25, -0.2) is 9.78 Å². The molecule has 0 atom stereocenters. The standard InChI is InChI=1S/C13H9ClN2O5/c1-7-2-3-9(13(17)18)11(4-7)21-12-10(14)5-8(6-15-12)16(19)20/h2-6H,1H3,(H,17,18). The summed E-state index contributed by atoms with van der Waals surface area (Å²) in [4.78, 5) is 24.8. The summed E-state index contributed by atoms with van der Waals surface area (Å²) in [7, 11) is 0. The molecule has 0 spiro atoms. The Labute approximate surface area is 123 Å². The number of carboxylic acid groups (broad SMARTS) is 1. The van der Waals surface area contributed by atoms with Gasteiger partial charge in [-0.1, -0.05) is 17.7 Å². The van der Waals surface area contributed by atoms with Crippen molar-refractivity contribution < 1.29 is 19.6 Å². The average molecular weight is 309 g/mol. The van der Waals surface area contributed by atoms with E-state index in [1.807, 2.05) is 0 Å². The molecule has 108 valence electrons. The highest BCUT2D eigenvalue weighted by Gasteiger charge is 2.16. The molecule has 2 rings (SSSR count). The number of carboxylic acids is 1. The van der Waals surface area contributed by atoms with E-state index in [0.717, 1.165) is 17.8 Å². The average Bonchev–Trinajstić information content (AvgIpc) is 2.40. The lowest BCUT2D eigenvalue weighted by molar-refractivity contribution is -0.385. The monoisotopic (exact) mass is 308 g/mol. The van der Waals surface area contributed by atoms with Gasteiger partial charge in [0.2, 0.25) is 5.88 Å². The van der Waals surface area contributed by atoms with E-state index in [1.54, 1.807) is 13.0 Å². The molecule has 0 amide bonds. The fourth-order valence-corrected chi connectivity index (χ4v) is 1.78. The van der Waals surface area contributed by atoms with Gasteiger partial charge < -0.3 is 9.84 Å². The van der Waals surface area contributed by atoms with E-state index in [9.17, 15) is 14.9 Å². The first-order valence-electron chi connectivity index (χ1n) is 5.70. The zero-order chi connectivity index (χ0) is 15.6. The van der Waals surface area contributed by atoms with Crippen molar-refractivity contribution in [3.8, 4) is 11.6 Å². The summed E-state index contributed by atoms with van der Waals surface area (Å²) in [5.41, 5.74) is 0.444. The second-order valence-corrected chi connectivity index (χ2v) is 4.55. The van der Waals surface area contributed by atoms with Crippen LogP contribution in [-0.4, -0.2) is 21.0 Å². The molecule has 0 aliphatic rings. The minimum absolute atomic E-state index is 0.0585. The second kappa shape index (κ2) is 5.76. The number of carbonyl (C=O) groups is 1. The van der Waals surface area contributed by atoms with Gasteiger partial charge in [-0.3, -0.25) is 10.1 Å². The SMILES string of the molecule is Cc1ccc(C(=O)O)c(Oc2ncc([N+](=O)[O-])cc2Cl)c1. The summed E-state index contributed by atoms with van der Waals surface area (Å²) in [6, 6.07) is 5.62. The Morgan fingerprint density at radius 2 is 2.14 bits per heavy atom. The zero-order valence-corrected chi connectivity index (χ0v) is 11.5. The lowest BCUT2D eigenvalue weighted by atomic mass is 10.1. The van der Waals surface area contributed by atoms with Crippen molar-refractivity contribution in [3.63, 3.8) is 0 Å². The Morgan fingerprint density at radius 3 is 2.71 bits per heavy atom. The number of aromatic carboxylic acids is 1. The molecule has 0 saturated heterocycles. The van der Waals surface area contributed by atoms with Crippen LogP contribution in [0.4, 0.5) is 5.69 Å². The third-order valence-corrected chi connectivity index (χ3v) is 2.85. The molecule has 0 unspecified atom stereocenters. The molecule has 0 radical (unpaired) electrons. The lowest BCUT2D eigenvalue weighted by Crippen LogP contribution is -2.01. The van der Waals surface area contributed by atoms with E-state index in [2.05, 4.69) is 4.98 Å². The first-order valence-corrected chi connectivity index (χ1v) is 6.08. The largest absolute Gasteiger partial charge is 0.478 e. The van der Waals surface area contributed by atoms with Gasteiger partial charge in [0.1, 0.15) is 22.5 Å². The van der Waals surface area contributed by atoms with Crippen LogP contribution in [0, 0.1) is 17.0 Å². The number of benzene rings is 1. The maximum absolute atomic E-state index is 11.1. The molecule has 0 fully saturated rings.